The van der Waals surface area contributed by atoms with Crippen LogP contribution in [0.15, 0.2) is 0 Å². The molecule has 1 fully saturated rings. The average Bonchev–Trinajstić information content (AvgIpc) is 2.29. The summed E-state index contributed by atoms with van der Waals surface area (Å²) in [5, 5.41) is 9.03. The van der Waals surface area contributed by atoms with Gasteiger partial charge in [-0.05, 0) is 34.2 Å². The van der Waals surface area contributed by atoms with Crippen LogP contribution in [0.3, 0.4) is 0 Å². The van der Waals surface area contributed by atoms with Gasteiger partial charge in [0, 0.05) is 31.7 Å². The number of nitrogens with zero attached hydrogens (tertiary/aromatic N) is 2. The van der Waals surface area contributed by atoms with Crippen LogP contribution in [0.4, 0.5) is 4.79 Å². The van der Waals surface area contributed by atoms with Gasteiger partial charge in [-0.1, -0.05) is 0 Å². The van der Waals surface area contributed by atoms with Gasteiger partial charge in [-0.15, -0.1) is 0 Å². The molecule has 0 radical (unpaired) electrons. The summed E-state index contributed by atoms with van der Waals surface area (Å²) in [6, 6.07) is -0.0746. The van der Waals surface area contributed by atoms with E-state index >= 15 is 0 Å². The van der Waals surface area contributed by atoms with Crippen LogP contribution in [0.25, 0.3) is 0 Å². The largest absolute Gasteiger partial charge is 0.444 e. The molecule has 0 aromatic heterocycles. The summed E-state index contributed by atoms with van der Waals surface area (Å²) in [6.07, 6.45) is 0.398. The summed E-state index contributed by atoms with van der Waals surface area (Å²) in [5.74, 6) is 0. The maximum atomic E-state index is 12.0. The van der Waals surface area contributed by atoms with Crippen molar-refractivity contribution in [3.8, 4) is 0 Å². The molecule has 1 heterocycles. The summed E-state index contributed by atoms with van der Waals surface area (Å²) in [7, 11) is 2.02. The molecule has 1 aliphatic rings. The minimum absolute atomic E-state index is 0.0310. The molecule has 0 saturated carbocycles. The average molecular weight is 273 g/mol. The van der Waals surface area contributed by atoms with Gasteiger partial charge in [0.15, 0.2) is 0 Å². The number of aliphatic hydroxyl groups is 1. The van der Waals surface area contributed by atoms with Crippen molar-refractivity contribution in [2.24, 2.45) is 5.73 Å². The zero-order valence-corrected chi connectivity index (χ0v) is 12.4. The summed E-state index contributed by atoms with van der Waals surface area (Å²) >= 11 is 0. The Balaban J connectivity index is 2.56. The Bertz CT molecular complexity index is 304. The van der Waals surface area contributed by atoms with Gasteiger partial charge in [0.1, 0.15) is 5.60 Å². The molecule has 1 amide bonds. The van der Waals surface area contributed by atoms with Crippen molar-refractivity contribution in [2.45, 2.75) is 44.9 Å². The van der Waals surface area contributed by atoms with E-state index in [2.05, 4.69) is 4.90 Å². The van der Waals surface area contributed by atoms with E-state index in [0.717, 1.165) is 6.54 Å². The second-order valence-electron chi connectivity index (χ2n) is 6.24. The van der Waals surface area contributed by atoms with Crippen LogP contribution in [0.2, 0.25) is 0 Å². The van der Waals surface area contributed by atoms with Crippen LogP contribution in [0.5, 0.6) is 0 Å². The number of likely N-dealkylation sites (N-methyl/N-ethyl adjacent to an activating group) is 1. The van der Waals surface area contributed by atoms with E-state index in [-0.39, 0.29) is 24.8 Å². The SMILES string of the molecule is CN1CCN(C(=O)OC(C)(C)C)CC1CC(N)CO. The van der Waals surface area contributed by atoms with Crippen LogP contribution >= 0.6 is 0 Å². The number of hydrogen-bond donors (Lipinski definition) is 2. The highest BCUT2D eigenvalue weighted by molar-refractivity contribution is 5.68. The van der Waals surface area contributed by atoms with Gasteiger partial charge in [-0.3, -0.25) is 4.90 Å². The number of ether oxygens (including phenoxy) is 1. The molecule has 3 N–H and O–H groups in total. The number of hydrogen-bond acceptors (Lipinski definition) is 5. The maximum absolute atomic E-state index is 12.0. The fourth-order valence-electron chi connectivity index (χ4n) is 2.12. The molecule has 0 aromatic rings. The van der Waals surface area contributed by atoms with Crippen molar-refractivity contribution in [3.05, 3.63) is 0 Å². The Hall–Kier alpha value is -0.850. The van der Waals surface area contributed by atoms with E-state index < -0.39 is 5.60 Å². The van der Waals surface area contributed by atoms with Crippen LogP contribution in [0.1, 0.15) is 27.2 Å². The zero-order valence-electron chi connectivity index (χ0n) is 12.4. The Morgan fingerprint density at radius 3 is 2.63 bits per heavy atom. The molecule has 6 nitrogen and oxygen atoms in total. The Morgan fingerprint density at radius 2 is 2.11 bits per heavy atom. The minimum atomic E-state index is -0.475. The van der Waals surface area contributed by atoms with E-state index in [1.54, 1.807) is 4.90 Å². The predicted octanol–water partition coefficient (Wildman–Crippen LogP) is 0.247. The standard InChI is InChI=1S/C13H27N3O3/c1-13(2,3)19-12(18)16-6-5-15(4)11(8-16)7-10(14)9-17/h10-11,17H,5-9,14H2,1-4H3. The van der Waals surface area contributed by atoms with Crippen LogP contribution in [-0.4, -0.2) is 72.0 Å². The second-order valence-corrected chi connectivity index (χ2v) is 6.24. The molecule has 0 aromatic carbocycles. The van der Waals surface area contributed by atoms with Gasteiger partial charge in [0.2, 0.25) is 0 Å². The maximum Gasteiger partial charge on any atom is 0.410 e. The molecule has 19 heavy (non-hydrogen) atoms. The van der Waals surface area contributed by atoms with E-state index in [9.17, 15) is 4.79 Å². The highest BCUT2D eigenvalue weighted by atomic mass is 16.6. The van der Waals surface area contributed by atoms with Crippen molar-refractivity contribution >= 4 is 6.09 Å². The summed E-state index contributed by atoms with van der Waals surface area (Å²) < 4.78 is 5.38. The Kier molecular flexibility index (Phi) is 5.58. The smallest absolute Gasteiger partial charge is 0.410 e. The molecule has 6 heteroatoms. The van der Waals surface area contributed by atoms with Crippen molar-refractivity contribution < 1.29 is 14.6 Å². The van der Waals surface area contributed by atoms with Gasteiger partial charge in [-0.2, -0.15) is 0 Å². The van der Waals surface area contributed by atoms with E-state index in [1.807, 2.05) is 27.8 Å². The molecule has 112 valence electrons. The molecular formula is C13H27N3O3. The van der Waals surface area contributed by atoms with E-state index in [1.165, 1.54) is 0 Å². The quantitative estimate of drug-likeness (QED) is 0.770. The fraction of sp³-hybridized carbons (Fsp3) is 0.923. The molecule has 1 saturated heterocycles. The molecule has 2 unspecified atom stereocenters. The lowest BCUT2D eigenvalue weighted by Crippen LogP contribution is -2.55. The number of aliphatic hydroxyl groups excluding tert-OH is 1. The van der Waals surface area contributed by atoms with Crippen molar-refractivity contribution in [2.75, 3.05) is 33.3 Å². The number of piperazine rings is 1. The predicted molar refractivity (Wildman–Crippen MR) is 73.9 cm³/mol. The van der Waals surface area contributed by atoms with Gasteiger partial charge >= 0.3 is 6.09 Å². The van der Waals surface area contributed by atoms with Crippen LogP contribution in [0, 0.1) is 0 Å². The van der Waals surface area contributed by atoms with Crippen molar-refractivity contribution in [3.63, 3.8) is 0 Å². The number of amides is 1. The first-order chi connectivity index (χ1) is 8.73. The highest BCUT2D eigenvalue weighted by Crippen LogP contribution is 2.16. The van der Waals surface area contributed by atoms with Gasteiger partial charge in [0.25, 0.3) is 0 Å². The molecule has 1 aliphatic heterocycles. The lowest BCUT2D eigenvalue weighted by atomic mass is 10.0. The number of nitrogens with two attached hydrogens (primary N) is 1. The second kappa shape index (κ2) is 6.54. The first-order valence-corrected chi connectivity index (χ1v) is 6.77. The third-order valence-electron chi connectivity index (χ3n) is 3.24. The molecule has 2 atom stereocenters. The lowest BCUT2D eigenvalue weighted by Gasteiger charge is -2.40. The Morgan fingerprint density at radius 1 is 1.47 bits per heavy atom. The number of carbonyl (C=O) groups is 1. The van der Waals surface area contributed by atoms with Gasteiger partial charge < -0.3 is 20.5 Å². The first kappa shape index (κ1) is 16.2. The highest BCUT2D eigenvalue weighted by Gasteiger charge is 2.30. The van der Waals surface area contributed by atoms with E-state index in [4.69, 9.17) is 15.6 Å². The third kappa shape index (κ3) is 5.34. The summed E-state index contributed by atoms with van der Waals surface area (Å²) in [6.45, 7) is 7.61. The molecule has 0 bridgehead atoms. The number of carbonyl (C=O) groups excluding carboxylic acids is 1. The van der Waals surface area contributed by atoms with Crippen molar-refractivity contribution in [1.29, 1.82) is 0 Å². The fourth-order valence-corrected chi connectivity index (χ4v) is 2.12. The van der Waals surface area contributed by atoms with Crippen molar-refractivity contribution in [1.82, 2.24) is 9.80 Å². The van der Waals surface area contributed by atoms with Crippen LogP contribution < -0.4 is 5.73 Å². The van der Waals surface area contributed by atoms with Gasteiger partial charge in [0.05, 0.1) is 6.61 Å². The minimum Gasteiger partial charge on any atom is -0.444 e. The molecule has 0 spiro atoms. The lowest BCUT2D eigenvalue weighted by molar-refractivity contribution is 0.00559. The topological polar surface area (TPSA) is 79.0 Å². The molecule has 0 aliphatic carbocycles. The third-order valence-corrected chi connectivity index (χ3v) is 3.24. The summed E-state index contributed by atoms with van der Waals surface area (Å²) in [5.41, 5.74) is 5.30. The molecular weight excluding hydrogens is 246 g/mol. The first-order valence-electron chi connectivity index (χ1n) is 6.77. The Labute approximate surface area is 115 Å². The van der Waals surface area contributed by atoms with E-state index in [0.29, 0.717) is 19.5 Å². The zero-order chi connectivity index (χ0) is 14.6. The summed E-state index contributed by atoms with van der Waals surface area (Å²) in [4.78, 5) is 15.9. The van der Waals surface area contributed by atoms with Crippen LogP contribution in [-0.2, 0) is 4.74 Å². The monoisotopic (exact) mass is 273 g/mol. The molecule has 1 rings (SSSR count). The normalized spacial score (nSPS) is 23.3. The van der Waals surface area contributed by atoms with Gasteiger partial charge in [-0.25, -0.2) is 4.79 Å². The number of rotatable bonds is 3.